The van der Waals surface area contributed by atoms with Crippen molar-refractivity contribution in [2.45, 2.75) is 32.0 Å². The molecule has 9 nitrogen and oxygen atoms in total. The van der Waals surface area contributed by atoms with Gasteiger partial charge in [-0.3, -0.25) is 14.3 Å². The summed E-state index contributed by atoms with van der Waals surface area (Å²) in [6.07, 6.45) is 5.64. The number of likely N-dealkylation sites (tertiary alicyclic amines) is 1. The van der Waals surface area contributed by atoms with Crippen LogP contribution in [0.1, 0.15) is 40.9 Å². The smallest absolute Gasteiger partial charge is 0.253 e. The van der Waals surface area contributed by atoms with Gasteiger partial charge in [-0.2, -0.15) is 5.10 Å². The Morgan fingerprint density at radius 2 is 2.17 bits per heavy atom. The normalized spacial score (nSPS) is 17.3. The molecular formula is C26H30N6O3. The number of fused-ring (bicyclic) bond motifs is 1. The number of rotatable bonds is 7. The Labute approximate surface area is 204 Å². The number of aryl methyl sites for hydroxylation is 1. The molecule has 2 aromatic heterocycles. The van der Waals surface area contributed by atoms with Crippen LogP contribution in [0.2, 0.25) is 0 Å². The molecule has 2 amide bonds. The monoisotopic (exact) mass is 474 g/mol. The first-order valence-corrected chi connectivity index (χ1v) is 11.5. The number of benzene rings is 1. The lowest BCUT2D eigenvalue weighted by Crippen LogP contribution is -2.37. The molecular weight excluding hydrogens is 444 g/mol. The zero-order chi connectivity index (χ0) is 25.1. The number of nitrogens with zero attached hydrogens (tertiary/aromatic N) is 4. The maximum atomic E-state index is 12.4. The maximum absolute atomic E-state index is 12.4. The molecule has 35 heavy (non-hydrogen) atoms. The highest BCUT2D eigenvalue weighted by Crippen LogP contribution is 2.34. The van der Waals surface area contributed by atoms with E-state index in [1.54, 1.807) is 19.1 Å². The number of hydrogen-bond donors (Lipinski definition) is 2. The van der Waals surface area contributed by atoms with Crippen molar-refractivity contribution in [3.63, 3.8) is 0 Å². The summed E-state index contributed by atoms with van der Waals surface area (Å²) in [5, 5.41) is 8.49. The van der Waals surface area contributed by atoms with E-state index in [4.69, 9.17) is 10.5 Å². The van der Waals surface area contributed by atoms with Crippen molar-refractivity contribution in [3.8, 4) is 11.8 Å². The second kappa shape index (κ2) is 10.1. The van der Waals surface area contributed by atoms with Gasteiger partial charge in [0.2, 0.25) is 5.91 Å². The molecule has 9 heteroatoms. The van der Waals surface area contributed by atoms with E-state index in [0.717, 1.165) is 23.0 Å². The van der Waals surface area contributed by atoms with Crippen molar-refractivity contribution >= 4 is 28.5 Å². The van der Waals surface area contributed by atoms with E-state index in [-0.39, 0.29) is 18.0 Å². The van der Waals surface area contributed by atoms with Crippen LogP contribution in [0.5, 0.6) is 0 Å². The Morgan fingerprint density at radius 1 is 1.37 bits per heavy atom. The third-order valence-electron chi connectivity index (χ3n) is 6.40. The van der Waals surface area contributed by atoms with E-state index in [9.17, 15) is 9.59 Å². The number of carbonyl (C=O) groups is 2. The number of nitrogens with one attached hydrogen (secondary N) is 1. The average molecular weight is 475 g/mol. The molecule has 0 spiro atoms. The van der Waals surface area contributed by atoms with E-state index in [1.807, 2.05) is 46.8 Å². The highest BCUT2D eigenvalue weighted by atomic mass is 16.5. The molecule has 1 saturated heterocycles. The first-order chi connectivity index (χ1) is 16.9. The van der Waals surface area contributed by atoms with Crippen LogP contribution < -0.4 is 11.1 Å². The lowest BCUT2D eigenvalue weighted by molar-refractivity contribution is -0.127. The molecule has 3 N–H and O–H groups in total. The van der Waals surface area contributed by atoms with Crippen LogP contribution >= 0.6 is 0 Å². The van der Waals surface area contributed by atoms with Crippen LogP contribution in [0.4, 0.5) is 5.82 Å². The molecule has 0 bridgehead atoms. The van der Waals surface area contributed by atoms with Gasteiger partial charge in [0.05, 0.1) is 41.5 Å². The fourth-order valence-electron chi connectivity index (χ4n) is 4.80. The predicted octanol–water partition coefficient (Wildman–Crippen LogP) is 2.37. The van der Waals surface area contributed by atoms with Crippen LogP contribution in [0, 0.1) is 11.8 Å². The van der Waals surface area contributed by atoms with E-state index < -0.39 is 5.91 Å². The fourth-order valence-corrected chi connectivity index (χ4v) is 4.80. The summed E-state index contributed by atoms with van der Waals surface area (Å²) in [6, 6.07) is 5.74. The summed E-state index contributed by atoms with van der Waals surface area (Å²) in [5.74, 6) is 6.16. The number of methoxy groups -OCH3 is 1. The molecule has 0 aliphatic carbocycles. The number of amides is 2. The lowest BCUT2D eigenvalue weighted by atomic mass is 10.1. The minimum atomic E-state index is -0.567. The predicted molar refractivity (Wildman–Crippen MR) is 135 cm³/mol. The van der Waals surface area contributed by atoms with Crippen molar-refractivity contribution in [3.05, 3.63) is 59.9 Å². The molecule has 3 aromatic rings. The fraction of sp³-hybridized carbons (Fsp3) is 0.346. The van der Waals surface area contributed by atoms with Gasteiger partial charge in [-0.15, -0.1) is 0 Å². The Kier molecular flexibility index (Phi) is 6.94. The van der Waals surface area contributed by atoms with Crippen molar-refractivity contribution in [2.24, 2.45) is 5.73 Å². The topological polar surface area (TPSA) is 107 Å². The molecule has 1 fully saturated rings. The van der Waals surface area contributed by atoms with Gasteiger partial charge in [0.15, 0.2) is 0 Å². The number of ether oxygens (including phenoxy) is 1. The van der Waals surface area contributed by atoms with Gasteiger partial charge < -0.3 is 25.3 Å². The summed E-state index contributed by atoms with van der Waals surface area (Å²) in [4.78, 5) is 26.6. The van der Waals surface area contributed by atoms with Gasteiger partial charge >= 0.3 is 0 Å². The third kappa shape index (κ3) is 4.53. The number of hydrogen-bond acceptors (Lipinski definition) is 5. The molecule has 182 valence electrons. The van der Waals surface area contributed by atoms with E-state index in [0.29, 0.717) is 36.5 Å². The second-order valence-corrected chi connectivity index (χ2v) is 8.47. The molecule has 0 unspecified atom stereocenters. The number of aromatic nitrogens is 3. The van der Waals surface area contributed by atoms with Gasteiger partial charge in [-0.1, -0.05) is 18.4 Å². The molecule has 1 aliphatic heterocycles. The zero-order valence-electron chi connectivity index (χ0n) is 20.2. The Morgan fingerprint density at radius 3 is 2.83 bits per heavy atom. The van der Waals surface area contributed by atoms with Crippen molar-refractivity contribution < 1.29 is 14.3 Å². The van der Waals surface area contributed by atoms with Crippen LogP contribution in [0.25, 0.3) is 10.9 Å². The van der Waals surface area contributed by atoms with E-state index in [2.05, 4.69) is 28.8 Å². The number of carbonyl (C=O) groups excluding carboxylic acids is 2. The number of primary amides is 1. The molecule has 2 atom stereocenters. The van der Waals surface area contributed by atoms with Gasteiger partial charge in [0.25, 0.3) is 5.91 Å². The quantitative estimate of drug-likeness (QED) is 0.404. The molecule has 0 radical (unpaired) electrons. The van der Waals surface area contributed by atoms with Gasteiger partial charge in [-0.05, 0) is 37.6 Å². The third-order valence-corrected chi connectivity index (χ3v) is 6.40. The molecule has 4 rings (SSSR count). The highest BCUT2D eigenvalue weighted by molar-refractivity contribution is 6.01. The van der Waals surface area contributed by atoms with E-state index >= 15 is 0 Å². The van der Waals surface area contributed by atoms with E-state index in [1.165, 1.54) is 6.08 Å². The Balaban J connectivity index is 1.71. The minimum Gasteiger partial charge on any atom is -0.383 e. The summed E-state index contributed by atoms with van der Waals surface area (Å²) in [6.45, 7) is 7.33. The SMILES string of the molecule is C=CC(=O)N1C[C@@H](n2cc(C#Cc3ccc4c(cnn4CC)c3)c(C(N)=O)c2NC)C[C@@H]1COC. The van der Waals surface area contributed by atoms with Gasteiger partial charge in [-0.25, -0.2) is 0 Å². The maximum Gasteiger partial charge on any atom is 0.253 e. The van der Waals surface area contributed by atoms with Crippen LogP contribution in [0.15, 0.2) is 43.2 Å². The van der Waals surface area contributed by atoms with Crippen molar-refractivity contribution in [1.29, 1.82) is 0 Å². The summed E-state index contributed by atoms with van der Waals surface area (Å²) in [5.41, 5.74) is 8.49. The summed E-state index contributed by atoms with van der Waals surface area (Å²) in [7, 11) is 3.35. The zero-order valence-corrected chi connectivity index (χ0v) is 20.2. The lowest BCUT2D eigenvalue weighted by Gasteiger charge is -2.22. The highest BCUT2D eigenvalue weighted by Gasteiger charge is 2.37. The van der Waals surface area contributed by atoms with Crippen molar-refractivity contribution in [1.82, 2.24) is 19.2 Å². The molecule has 3 heterocycles. The molecule has 0 saturated carbocycles. The number of anilines is 1. The first-order valence-electron chi connectivity index (χ1n) is 11.5. The minimum absolute atomic E-state index is 0.0774. The van der Waals surface area contributed by atoms with Crippen LogP contribution in [-0.2, 0) is 16.1 Å². The number of nitrogens with two attached hydrogens (primary N) is 1. The van der Waals surface area contributed by atoms with Crippen LogP contribution in [-0.4, -0.2) is 64.4 Å². The largest absolute Gasteiger partial charge is 0.383 e. The average Bonchev–Trinajstić information content (AvgIpc) is 3.56. The summed E-state index contributed by atoms with van der Waals surface area (Å²) >= 11 is 0. The molecule has 1 aromatic carbocycles. The van der Waals surface area contributed by atoms with Crippen LogP contribution in [0.3, 0.4) is 0 Å². The summed E-state index contributed by atoms with van der Waals surface area (Å²) < 4.78 is 9.21. The standard InChI is InChI=1S/C26H30N6O3/c1-5-23(33)30-15-20(12-21(30)16-35-4)31-14-18(24(25(27)34)26(31)28-3)9-7-17-8-10-22-19(11-17)13-29-32(22)6-2/h5,8,10-11,13-14,20-21,28H,1,6,12,15-16H2,2-4H3,(H2,27,34)/t20-,21+/m0/s1. The van der Waals surface area contributed by atoms with Gasteiger partial charge in [0.1, 0.15) is 5.82 Å². The second-order valence-electron chi connectivity index (χ2n) is 8.47. The van der Waals surface area contributed by atoms with Crippen molar-refractivity contribution in [2.75, 3.05) is 32.6 Å². The Hall–Kier alpha value is -4.03. The molecule has 1 aliphatic rings. The first kappa shape index (κ1) is 24.1. The Bertz CT molecular complexity index is 1340. The van der Waals surface area contributed by atoms with Gasteiger partial charge in [0, 0.05) is 44.4 Å².